The first-order valence-corrected chi connectivity index (χ1v) is 11.1. The number of benzene rings is 1. The quantitative estimate of drug-likeness (QED) is 0.492. The SMILES string of the molecule is COc1ccc(F)c(-n2nnc(COc3cc(CCC(=O)O)ccn3)c2C2=CCCC2(C)C)c1. The summed E-state index contributed by atoms with van der Waals surface area (Å²) in [5, 5.41) is 17.5. The largest absolute Gasteiger partial charge is 0.497 e. The van der Waals surface area contributed by atoms with Crippen molar-refractivity contribution in [2.24, 2.45) is 5.41 Å². The van der Waals surface area contributed by atoms with Gasteiger partial charge in [0.15, 0.2) is 0 Å². The maximum Gasteiger partial charge on any atom is 0.303 e. The van der Waals surface area contributed by atoms with Crippen LogP contribution in [-0.4, -0.2) is 38.2 Å². The minimum Gasteiger partial charge on any atom is -0.497 e. The van der Waals surface area contributed by atoms with E-state index in [4.69, 9.17) is 14.6 Å². The molecule has 2 heterocycles. The maximum absolute atomic E-state index is 14.8. The number of hydrogen-bond acceptors (Lipinski definition) is 6. The lowest BCUT2D eigenvalue weighted by Gasteiger charge is -2.24. The summed E-state index contributed by atoms with van der Waals surface area (Å²) >= 11 is 0. The summed E-state index contributed by atoms with van der Waals surface area (Å²) in [7, 11) is 1.53. The van der Waals surface area contributed by atoms with Gasteiger partial charge in [-0.2, -0.15) is 0 Å². The van der Waals surface area contributed by atoms with Crippen molar-refractivity contribution >= 4 is 11.5 Å². The summed E-state index contributed by atoms with van der Waals surface area (Å²) in [4.78, 5) is 15.1. The maximum atomic E-state index is 14.8. The predicted molar refractivity (Wildman–Crippen MR) is 123 cm³/mol. The van der Waals surface area contributed by atoms with E-state index in [9.17, 15) is 9.18 Å². The Hall–Kier alpha value is -3.75. The lowest BCUT2D eigenvalue weighted by atomic mass is 9.83. The van der Waals surface area contributed by atoms with Crippen LogP contribution in [0.25, 0.3) is 11.3 Å². The second-order valence-electron chi connectivity index (χ2n) is 8.84. The number of methoxy groups -OCH3 is 1. The van der Waals surface area contributed by atoms with E-state index in [1.807, 2.05) is 0 Å². The molecule has 0 unspecified atom stereocenters. The number of aromatic nitrogens is 4. The molecule has 0 atom stereocenters. The summed E-state index contributed by atoms with van der Waals surface area (Å²) in [6, 6.07) is 7.97. The second-order valence-corrected chi connectivity index (χ2v) is 8.84. The highest BCUT2D eigenvalue weighted by molar-refractivity contribution is 5.72. The van der Waals surface area contributed by atoms with E-state index < -0.39 is 11.8 Å². The van der Waals surface area contributed by atoms with Crippen LogP contribution >= 0.6 is 0 Å². The van der Waals surface area contributed by atoms with Gasteiger partial charge in [0.25, 0.3) is 0 Å². The molecule has 0 radical (unpaired) electrons. The molecule has 3 aromatic rings. The first-order valence-electron chi connectivity index (χ1n) is 11.1. The Morgan fingerprint density at radius 1 is 1.26 bits per heavy atom. The summed E-state index contributed by atoms with van der Waals surface area (Å²) < 4.78 is 27.5. The molecule has 1 aliphatic carbocycles. The van der Waals surface area contributed by atoms with Gasteiger partial charge in [0.05, 0.1) is 12.8 Å². The van der Waals surface area contributed by atoms with Gasteiger partial charge >= 0.3 is 5.97 Å². The molecule has 1 N–H and O–H groups in total. The number of aliphatic carboxylic acids is 1. The number of carboxylic acids is 1. The third-order valence-electron chi connectivity index (χ3n) is 6.01. The van der Waals surface area contributed by atoms with Gasteiger partial charge in [-0.3, -0.25) is 4.79 Å². The zero-order valence-corrected chi connectivity index (χ0v) is 19.4. The summed E-state index contributed by atoms with van der Waals surface area (Å²) in [5.41, 5.74) is 3.19. The number of rotatable bonds is 9. The number of ether oxygens (including phenoxy) is 2. The van der Waals surface area contributed by atoms with E-state index in [0.717, 1.165) is 24.0 Å². The molecule has 0 spiro atoms. The Morgan fingerprint density at radius 3 is 2.79 bits per heavy atom. The molecule has 0 bridgehead atoms. The average Bonchev–Trinajstić information content (AvgIpc) is 3.38. The second kappa shape index (κ2) is 9.62. The Balaban J connectivity index is 1.68. The monoisotopic (exact) mass is 466 g/mol. The Kier molecular flexibility index (Phi) is 6.63. The number of allylic oxidation sites excluding steroid dienone is 2. The number of aryl methyl sites for hydroxylation is 1. The fourth-order valence-corrected chi connectivity index (χ4v) is 4.11. The van der Waals surface area contributed by atoms with Gasteiger partial charge in [-0.15, -0.1) is 5.10 Å². The van der Waals surface area contributed by atoms with Gasteiger partial charge in [0.2, 0.25) is 5.88 Å². The fourth-order valence-electron chi connectivity index (χ4n) is 4.11. The van der Waals surface area contributed by atoms with E-state index in [1.54, 1.807) is 30.5 Å². The number of carboxylic acid groups (broad SMARTS) is 1. The smallest absolute Gasteiger partial charge is 0.303 e. The molecule has 0 saturated heterocycles. The Morgan fingerprint density at radius 2 is 2.09 bits per heavy atom. The van der Waals surface area contributed by atoms with Gasteiger partial charge in [0.1, 0.15) is 29.6 Å². The van der Waals surface area contributed by atoms with E-state index >= 15 is 0 Å². The molecule has 9 heteroatoms. The standard InChI is InChI=1S/C25H27FN4O4/c1-25(2)11-4-5-18(25)24-20(15-34-22-13-16(10-12-27-22)6-9-23(31)32)28-29-30(24)21-14-17(33-3)7-8-19(21)26/h5,7-8,10,12-14H,4,6,9,11,15H2,1-3H3,(H,31,32). The fraction of sp³-hybridized carbons (Fsp3) is 0.360. The summed E-state index contributed by atoms with van der Waals surface area (Å²) in [6.07, 6.45) is 5.99. The molecular formula is C25H27FN4O4. The van der Waals surface area contributed by atoms with Crippen molar-refractivity contribution in [2.75, 3.05) is 7.11 Å². The highest BCUT2D eigenvalue weighted by atomic mass is 19.1. The molecule has 0 amide bonds. The molecule has 2 aromatic heterocycles. The van der Waals surface area contributed by atoms with Crippen LogP contribution in [0.15, 0.2) is 42.6 Å². The van der Waals surface area contributed by atoms with Crippen LogP contribution in [0.5, 0.6) is 11.6 Å². The van der Waals surface area contributed by atoms with Crippen LogP contribution in [0, 0.1) is 11.2 Å². The van der Waals surface area contributed by atoms with Gasteiger partial charge < -0.3 is 14.6 Å². The van der Waals surface area contributed by atoms with Crippen LogP contribution in [0.2, 0.25) is 0 Å². The molecule has 8 nitrogen and oxygen atoms in total. The number of nitrogens with zero attached hydrogens (tertiary/aromatic N) is 4. The first kappa shape index (κ1) is 23.4. The number of pyridine rings is 1. The van der Waals surface area contributed by atoms with Gasteiger partial charge in [-0.1, -0.05) is 25.1 Å². The van der Waals surface area contributed by atoms with Crippen LogP contribution < -0.4 is 9.47 Å². The van der Waals surface area contributed by atoms with Crippen LogP contribution in [-0.2, 0) is 17.8 Å². The van der Waals surface area contributed by atoms with E-state index in [-0.39, 0.29) is 24.1 Å². The zero-order valence-electron chi connectivity index (χ0n) is 19.4. The molecular weight excluding hydrogens is 439 g/mol. The lowest BCUT2D eigenvalue weighted by Crippen LogP contribution is -2.15. The van der Waals surface area contributed by atoms with Crippen molar-refractivity contribution in [3.05, 3.63) is 65.4 Å². The van der Waals surface area contributed by atoms with Gasteiger partial charge in [-0.25, -0.2) is 14.1 Å². The molecule has 34 heavy (non-hydrogen) atoms. The van der Waals surface area contributed by atoms with Crippen LogP contribution in [0.3, 0.4) is 0 Å². The van der Waals surface area contributed by atoms with Crippen LogP contribution in [0.1, 0.15) is 50.1 Å². The minimum absolute atomic E-state index is 0.0251. The van der Waals surface area contributed by atoms with E-state index in [1.165, 1.54) is 17.9 Å². The van der Waals surface area contributed by atoms with E-state index in [2.05, 4.69) is 35.2 Å². The zero-order chi connectivity index (χ0) is 24.3. The first-order chi connectivity index (χ1) is 16.3. The van der Waals surface area contributed by atoms with Crippen molar-refractivity contribution in [3.8, 4) is 17.3 Å². The third-order valence-corrected chi connectivity index (χ3v) is 6.01. The lowest BCUT2D eigenvalue weighted by molar-refractivity contribution is -0.136. The van der Waals surface area contributed by atoms with Crippen molar-refractivity contribution < 1.29 is 23.8 Å². The van der Waals surface area contributed by atoms with E-state index in [0.29, 0.717) is 29.4 Å². The molecule has 0 aliphatic heterocycles. The molecule has 4 rings (SSSR count). The van der Waals surface area contributed by atoms with Crippen molar-refractivity contribution in [2.45, 2.75) is 46.1 Å². The topological polar surface area (TPSA) is 99.4 Å². The Labute approximate surface area is 197 Å². The molecule has 1 aliphatic rings. The average molecular weight is 467 g/mol. The number of carbonyl (C=O) groups is 1. The van der Waals surface area contributed by atoms with Crippen molar-refractivity contribution in [3.63, 3.8) is 0 Å². The molecule has 1 aromatic carbocycles. The number of hydrogen-bond donors (Lipinski definition) is 1. The van der Waals surface area contributed by atoms with Crippen LogP contribution in [0.4, 0.5) is 4.39 Å². The highest BCUT2D eigenvalue weighted by Gasteiger charge is 2.34. The highest BCUT2D eigenvalue weighted by Crippen LogP contribution is 2.45. The third kappa shape index (κ3) is 4.93. The van der Waals surface area contributed by atoms with Gasteiger partial charge in [0, 0.05) is 24.8 Å². The van der Waals surface area contributed by atoms with Gasteiger partial charge in [-0.05, 0) is 54.0 Å². The summed E-state index contributed by atoms with van der Waals surface area (Å²) in [6.45, 7) is 4.36. The molecule has 178 valence electrons. The number of halogens is 1. The minimum atomic E-state index is -0.863. The Bertz CT molecular complexity index is 1240. The van der Waals surface area contributed by atoms with Crippen molar-refractivity contribution in [1.82, 2.24) is 20.0 Å². The molecule has 0 saturated carbocycles. The molecule has 0 fully saturated rings. The van der Waals surface area contributed by atoms with Crippen molar-refractivity contribution in [1.29, 1.82) is 0 Å². The normalized spacial score (nSPS) is 14.6. The predicted octanol–water partition coefficient (Wildman–Crippen LogP) is 4.61. The summed E-state index contributed by atoms with van der Waals surface area (Å²) in [5.74, 6) is -0.435.